The molecule has 1 aromatic heterocycles. The molecule has 2 rings (SSSR count). The van der Waals surface area contributed by atoms with Crippen molar-refractivity contribution in [1.82, 2.24) is 4.98 Å². The van der Waals surface area contributed by atoms with E-state index in [1.807, 2.05) is 39.1 Å². The van der Waals surface area contributed by atoms with Gasteiger partial charge in [0.25, 0.3) is 0 Å². The summed E-state index contributed by atoms with van der Waals surface area (Å²) in [7, 11) is 0. The van der Waals surface area contributed by atoms with E-state index in [9.17, 15) is 0 Å². The SMILES string of the molecule is CC(C)(C)Oc1ccnc(CCC2(N)CC2)c1. The summed E-state index contributed by atoms with van der Waals surface area (Å²) in [4.78, 5) is 4.36. The van der Waals surface area contributed by atoms with Gasteiger partial charge in [-0.1, -0.05) is 0 Å². The average Bonchev–Trinajstić information content (AvgIpc) is 2.93. The van der Waals surface area contributed by atoms with Gasteiger partial charge in [0, 0.05) is 23.5 Å². The summed E-state index contributed by atoms with van der Waals surface area (Å²) in [6, 6.07) is 3.93. The van der Waals surface area contributed by atoms with E-state index in [1.54, 1.807) is 0 Å². The number of pyridine rings is 1. The van der Waals surface area contributed by atoms with E-state index in [4.69, 9.17) is 10.5 Å². The molecule has 0 spiro atoms. The highest BCUT2D eigenvalue weighted by atomic mass is 16.5. The predicted molar refractivity (Wildman–Crippen MR) is 69.1 cm³/mol. The molecule has 0 amide bonds. The van der Waals surface area contributed by atoms with Crippen molar-refractivity contribution in [3.8, 4) is 5.75 Å². The molecule has 0 radical (unpaired) electrons. The highest BCUT2D eigenvalue weighted by Crippen LogP contribution is 2.36. The third-order valence-corrected chi connectivity index (χ3v) is 2.98. The summed E-state index contributed by atoms with van der Waals surface area (Å²) in [5, 5.41) is 0. The van der Waals surface area contributed by atoms with E-state index in [0.717, 1.165) is 37.1 Å². The number of hydrogen-bond donors (Lipinski definition) is 1. The summed E-state index contributed by atoms with van der Waals surface area (Å²) in [6.45, 7) is 6.14. The van der Waals surface area contributed by atoms with Gasteiger partial charge in [0.05, 0.1) is 0 Å². The van der Waals surface area contributed by atoms with Crippen LogP contribution in [0.4, 0.5) is 0 Å². The van der Waals surface area contributed by atoms with Crippen LogP contribution in [0.2, 0.25) is 0 Å². The number of nitrogens with zero attached hydrogens (tertiary/aromatic N) is 1. The van der Waals surface area contributed by atoms with E-state index < -0.39 is 0 Å². The van der Waals surface area contributed by atoms with Crippen LogP contribution in [0.3, 0.4) is 0 Å². The highest BCUT2D eigenvalue weighted by molar-refractivity contribution is 5.23. The fourth-order valence-corrected chi connectivity index (χ4v) is 1.80. The van der Waals surface area contributed by atoms with Crippen LogP contribution < -0.4 is 10.5 Å². The fourth-order valence-electron chi connectivity index (χ4n) is 1.80. The Morgan fingerprint density at radius 2 is 2.12 bits per heavy atom. The predicted octanol–water partition coefficient (Wildman–Crippen LogP) is 2.68. The Hall–Kier alpha value is -1.09. The van der Waals surface area contributed by atoms with Crippen molar-refractivity contribution in [3.05, 3.63) is 24.0 Å². The van der Waals surface area contributed by atoms with E-state index in [0.29, 0.717) is 0 Å². The first kappa shape index (κ1) is 12.4. The van der Waals surface area contributed by atoms with Gasteiger partial charge in [0.15, 0.2) is 0 Å². The molecule has 3 nitrogen and oxygen atoms in total. The van der Waals surface area contributed by atoms with Gasteiger partial charge in [0.2, 0.25) is 0 Å². The Bertz CT molecular complexity index is 391. The molecular formula is C14H22N2O. The van der Waals surface area contributed by atoms with E-state index in [-0.39, 0.29) is 11.1 Å². The van der Waals surface area contributed by atoms with Gasteiger partial charge in [-0.25, -0.2) is 0 Å². The van der Waals surface area contributed by atoms with E-state index in [2.05, 4.69) is 4.98 Å². The summed E-state index contributed by atoms with van der Waals surface area (Å²) in [6.07, 6.45) is 6.10. The van der Waals surface area contributed by atoms with Crippen molar-refractivity contribution in [3.63, 3.8) is 0 Å². The Morgan fingerprint density at radius 1 is 1.41 bits per heavy atom. The third kappa shape index (κ3) is 4.00. The van der Waals surface area contributed by atoms with Gasteiger partial charge in [0.1, 0.15) is 11.4 Å². The number of nitrogens with two attached hydrogens (primary N) is 1. The zero-order valence-corrected chi connectivity index (χ0v) is 11.0. The smallest absolute Gasteiger partial charge is 0.123 e. The lowest BCUT2D eigenvalue weighted by Crippen LogP contribution is -2.23. The second-order valence-corrected chi connectivity index (χ2v) is 6.06. The molecule has 1 heterocycles. The molecule has 0 atom stereocenters. The Morgan fingerprint density at radius 3 is 2.71 bits per heavy atom. The summed E-state index contributed by atoms with van der Waals surface area (Å²) in [5.41, 5.74) is 7.09. The van der Waals surface area contributed by atoms with Crippen molar-refractivity contribution in [1.29, 1.82) is 0 Å². The Kier molecular flexibility index (Phi) is 3.13. The van der Waals surface area contributed by atoms with Crippen LogP contribution in [0.15, 0.2) is 18.3 Å². The van der Waals surface area contributed by atoms with Crippen LogP contribution in [-0.4, -0.2) is 16.1 Å². The van der Waals surface area contributed by atoms with E-state index >= 15 is 0 Å². The molecule has 0 saturated heterocycles. The van der Waals surface area contributed by atoms with Gasteiger partial charge < -0.3 is 10.5 Å². The minimum absolute atomic E-state index is 0.0998. The van der Waals surface area contributed by atoms with Gasteiger partial charge in [-0.3, -0.25) is 4.98 Å². The largest absolute Gasteiger partial charge is 0.488 e. The molecule has 1 aromatic rings. The van der Waals surface area contributed by atoms with Crippen molar-refractivity contribution < 1.29 is 4.74 Å². The second-order valence-electron chi connectivity index (χ2n) is 6.06. The minimum atomic E-state index is -0.162. The maximum Gasteiger partial charge on any atom is 0.123 e. The standard InChI is InChI=1S/C14H22N2O/c1-13(2,3)17-12-5-9-16-11(10-12)4-6-14(15)7-8-14/h5,9-10H,4,6-8,15H2,1-3H3. The average molecular weight is 234 g/mol. The van der Waals surface area contributed by atoms with Crippen LogP contribution >= 0.6 is 0 Å². The lowest BCUT2D eigenvalue weighted by molar-refractivity contribution is 0.130. The normalized spacial score (nSPS) is 17.9. The Labute approximate surface area is 103 Å². The zero-order chi connectivity index (χ0) is 12.5. The fraction of sp³-hybridized carbons (Fsp3) is 0.643. The van der Waals surface area contributed by atoms with E-state index in [1.165, 1.54) is 0 Å². The molecule has 2 N–H and O–H groups in total. The Balaban J connectivity index is 1.96. The third-order valence-electron chi connectivity index (χ3n) is 2.98. The maximum absolute atomic E-state index is 6.08. The van der Waals surface area contributed by atoms with Gasteiger partial charge in [-0.05, 0) is 52.5 Å². The molecule has 3 heteroatoms. The molecule has 0 unspecified atom stereocenters. The number of hydrogen-bond acceptors (Lipinski definition) is 3. The van der Waals surface area contributed by atoms with Crippen molar-refractivity contribution in [2.45, 2.75) is 57.6 Å². The molecule has 94 valence electrons. The van der Waals surface area contributed by atoms with Crippen LogP contribution in [0, 0.1) is 0 Å². The minimum Gasteiger partial charge on any atom is -0.488 e. The molecule has 0 bridgehead atoms. The van der Waals surface area contributed by atoms with Crippen LogP contribution in [0.25, 0.3) is 0 Å². The number of aryl methyl sites for hydroxylation is 1. The van der Waals surface area contributed by atoms with Gasteiger partial charge in [-0.15, -0.1) is 0 Å². The topological polar surface area (TPSA) is 48.1 Å². The monoisotopic (exact) mass is 234 g/mol. The first-order valence-corrected chi connectivity index (χ1v) is 6.29. The molecule has 1 aliphatic rings. The number of ether oxygens (including phenoxy) is 1. The maximum atomic E-state index is 6.08. The van der Waals surface area contributed by atoms with Crippen molar-refractivity contribution in [2.24, 2.45) is 5.73 Å². The van der Waals surface area contributed by atoms with Crippen molar-refractivity contribution >= 4 is 0 Å². The molecule has 17 heavy (non-hydrogen) atoms. The van der Waals surface area contributed by atoms with Crippen LogP contribution in [0.1, 0.15) is 45.7 Å². The van der Waals surface area contributed by atoms with Crippen LogP contribution in [-0.2, 0) is 6.42 Å². The molecular weight excluding hydrogens is 212 g/mol. The number of rotatable bonds is 4. The zero-order valence-electron chi connectivity index (χ0n) is 11.0. The second kappa shape index (κ2) is 4.30. The van der Waals surface area contributed by atoms with Crippen molar-refractivity contribution in [2.75, 3.05) is 0 Å². The molecule has 1 aliphatic carbocycles. The highest BCUT2D eigenvalue weighted by Gasteiger charge is 2.37. The van der Waals surface area contributed by atoms with Gasteiger partial charge in [-0.2, -0.15) is 0 Å². The molecule has 0 aromatic carbocycles. The van der Waals surface area contributed by atoms with Gasteiger partial charge >= 0.3 is 0 Å². The lowest BCUT2D eigenvalue weighted by atomic mass is 10.1. The first-order chi connectivity index (χ1) is 7.86. The van der Waals surface area contributed by atoms with Crippen LogP contribution in [0.5, 0.6) is 5.75 Å². The first-order valence-electron chi connectivity index (χ1n) is 6.29. The summed E-state index contributed by atoms with van der Waals surface area (Å²) >= 11 is 0. The molecule has 1 saturated carbocycles. The summed E-state index contributed by atoms with van der Waals surface area (Å²) in [5.74, 6) is 0.893. The summed E-state index contributed by atoms with van der Waals surface area (Å²) < 4.78 is 5.82. The molecule has 0 aliphatic heterocycles. The quantitative estimate of drug-likeness (QED) is 0.871. The molecule has 1 fully saturated rings. The number of aromatic nitrogens is 1. The lowest BCUT2D eigenvalue weighted by Gasteiger charge is -2.21.